The van der Waals surface area contributed by atoms with Gasteiger partial charge in [0.1, 0.15) is 0 Å². The van der Waals surface area contributed by atoms with Crippen molar-refractivity contribution in [2.75, 3.05) is 17.6 Å². The van der Waals surface area contributed by atoms with Crippen molar-refractivity contribution in [3.8, 4) is 23.3 Å². The van der Waals surface area contributed by atoms with Crippen LogP contribution in [0.1, 0.15) is 47.6 Å². The van der Waals surface area contributed by atoms with Crippen molar-refractivity contribution in [2.45, 2.75) is 33.1 Å². The summed E-state index contributed by atoms with van der Waals surface area (Å²) in [5.74, 6) is 0.856. The van der Waals surface area contributed by atoms with Gasteiger partial charge in [-0.15, -0.1) is 0 Å². The summed E-state index contributed by atoms with van der Waals surface area (Å²) in [5, 5.41) is 30.7. The van der Waals surface area contributed by atoms with Crippen LogP contribution < -0.4 is 11.1 Å². The van der Waals surface area contributed by atoms with Gasteiger partial charge in [-0.1, -0.05) is 37.6 Å². The molecule has 0 saturated carbocycles. The minimum absolute atomic E-state index is 0.553. The first-order chi connectivity index (χ1) is 17.0. The molecule has 4 N–H and O–H groups in total. The van der Waals surface area contributed by atoms with E-state index in [1.54, 1.807) is 12.1 Å². The molecule has 1 heterocycles. The fourth-order valence-electron chi connectivity index (χ4n) is 4.45. The monoisotopic (exact) mass is 460 g/mol. The standard InChI is InChI=1S/C29H28N6/c1-3-4-13-33-29-25-9-5-8-24(28(25)34-35-29)27-19(2)14-20(7-6-12-30)15-23(27)17-22-16-21(18-31)10-11-26(22)32/h5-11,14-16H,3-4,13,17,32H2,1-2H3,(H2,33,34,35)/b7-6+. The lowest BCUT2D eigenvalue weighted by molar-refractivity contribution is 0.830. The molecule has 174 valence electrons. The van der Waals surface area contributed by atoms with Gasteiger partial charge in [0.2, 0.25) is 0 Å². The number of nitrogen functional groups attached to an aromatic ring is 1. The lowest BCUT2D eigenvalue weighted by atomic mass is 9.88. The van der Waals surface area contributed by atoms with Gasteiger partial charge in [0.15, 0.2) is 5.82 Å². The van der Waals surface area contributed by atoms with Crippen molar-refractivity contribution in [3.05, 3.63) is 82.4 Å². The van der Waals surface area contributed by atoms with Crippen LogP contribution >= 0.6 is 0 Å². The minimum atomic E-state index is 0.553. The summed E-state index contributed by atoms with van der Waals surface area (Å²) in [4.78, 5) is 0. The van der Waals surface area contributed by atoms with Crippen molar-refractivity contribution in [1.82, 2.24) is 10.2 Å². The Labute approximate surface area is 205 Å². The Hall–Kier alpha value is -4.55. The summed E-state index contributed by atoms with van der Waals surface area (Å²) < 4.78 is 0. The second-order valence-corrected chi connectivity index (χ2v) is 8.62. The van der Waals surface area contributed by atoms with E-state index in [2.05, 4.69) is 71.8 Å². The molecule has 0 amide bonds. The number of aromatic nitrogens is 2. The Balaban J connectivity index is 1.88. The number of nitrogens with zero attached hydrogens (tertiary/aromatic N) is 3. The average Bonchev–Trinajstić information content (AvgIpc) is 3.27. The van der Waals surface area contributed by atoms with Crippen LogP contribution in [0, 0.1) is 29.6 Å². The molecule has 0 spiro atoms. The minimum Gasteiger partial charge on any atom is -0.398 e. The van der Waals surface area contributed by atoms with Gasteiger partial charge in [-0.25, -0.2) is 0 Å². The molecular formula is C29H28N6. The molecule has 6 heteroatoms. The molecule has 6 nitrogen and oxygen atoms in total. The number of nitriles is 2. The largest absolute Gasteiger partial charge is 0.398 e. The lowest BCUT2D eigenvalue weighted by Gasteiger charge is -2.17. The van der Waals surface area contributed by atoms with Crippen LogP contribution in [-0.2, 0) is 6.42 Å². The Morgan fingerprint density at radius 2 is 1.97 bits per heavy atom. The van der Waals surface area contributed by atoms with Gasteiger partial charge in [-0.05, 0) is 71.5 Å². The van der Waals surface area contributed by atoms with Gasteiger partial charge in [0.05, 0.1) is 23.2 Å². The maximum atomic E-state index is 9.39. The molecule has 0 unspecified atom stereocenters. The number of hydrogen-bond acceptors (Lipinski definition) is 5. The number of para-hydroxylation sites is 1. The zero-order chi connectivity index (χ0) is 24.8. The second kappa shape index (κ2) is 10.6. The number of rotatable bonds is 8. The SMILES string of the molecule is CCCCNc1n[nH]c2c(-c3c(C)cc(/C=C/C#N)cc3Cc3cc(C#N)ccc3N)cccc12. The molecule has 0 saturated heterocycles. The van der Waals surface area contributed by atoms with Crippen molar-refractivity contribution < 1.29 is 0 Å². The highest BCUT2D eigenvalue weighted by Gasteiger charge is 2.17. The summed E-state index contributed by atoms with van der Waals surface area (Å²) in [6.07, 6.45) is 6.04. The van der Waals surface area contributed by atoms with E-state index >= 15 is 0 Å². The number of benzene rings is 3. The van der Waals surface area contributed by atoms with E-state index < -0.39 is 0 Å². The zero-order valence-corrected chi connectivity index (χ0v) is 20.0. The molecule has 0 aliphatic heterocycles. The molecule has 35 heavy (non-hydrogen) atoms. The molecule has 4 aromatic rings. The van der Waals surface area contributed by atoms with Gasteiger partial charge in [0.25, 0.3) is 0 Å². The molecule has 0 radical (unpaired) electrons. The zero-order valence-electron chi connectivity index (χ0n) is 20.0. The summed E-state index contributed by atoms with van der Waals surface area (Å²) in [7, 11) is 0. The molecule has 0 fully saturated rings. The van der Waals surface area contributed by atoms with Gasteiger partial charge < -0.3 is 11.1 Å². The molecule has 0 bridgehead atoms. The normalized spacial score (nSPS) is 11.0. The number of nitrogens with two attached hydrogens (primary N) is 1. The van der Waals surface area contributed by atoms with Crippen LogP contribution in [0.3, 0.4) is 0 Å². The Bertz CT molecular complexity index is 1480. The van der Waals surface area contributed by atoms with Gasteiger partial charge in [-0.2, -0.15) is 15.6 Å². The maximum Gasteiger partial charge on any atom is 0.155 e. The predicted octanol–water partition coefficient (Wildman–Crippen LogP) is 6.33. The summed E-state index contributed by atoms with van der Waals surface area (Å²) in [6.45, 7) is 5.12. The van der Waals surface area contributed by atoms with Crippen LogP contribution in [0.15, 0.2) is 54.6 Å². The first kappa shape index (κ1) is 23.6. The Kier molecular flexibility index (Phi) is 7.14. The average molecular weight is 461 g/mol. The molecular weight excluding hydrogens is 432 g/mol. The van der Waals surface area contributed by atoms with Crippen molar-refractivity contribution in [1.29, 1.82) is 10.5 Å². The number of hydrogen-bond donors (Lipinski definition) is 3. The third kappa shape index (κ3) is 5.03. The predicted molar refractivity (Wildman–Crippen MR) is 143 cm³/mol. The molecule has 1 aromatic heterocycles. The van der Waals surface area contributed by atoms with Gasteiger partial charge >= 0.3 is 0 Å². The second-order valence-electron chi connectivity index (χ2n) is 8.62. The topological polar surface area (TPSA) is 114 Å². The number of allylic oxidation sites excluding steroid dienone is 1. The van der Waals surface area contributed by atoms with Crippen LogP contribution in [-0.4, -0.2) is 16.7 Å². The van der Waals surface area contributed by atoms with E-state index in [1.807, 2.05) is 12.1 Å². The molecule has 4 rings (SSSR count). The van der Waals surface area contributed by atoms with E-state index in [0.29, 0.717) is 17.7 Å². The third-order valence-electron chi connectivity index (χ3n) is 6.13. The maximum absolute atomic E-state index is 9.39. The quantitative estimate of drug-likeness (QED) is 0.161. The number of H-pyrrole nitrogens is 1. The Morgan fingerprint density at radius 1 is 1.11 bits per heavy atom. The lowest BCUT2D eigenvalue weighted by Crippen LogP contribution is -2.01. The first-order valence-corrected chi connectivity index (χ1v) is 11.7. The van der Waals surface area contributed by atoms with Crippen LogP contribution in [0.4, 0.5) is 11.5 Å². The molecule has 0 aliphatic carbocycles. The van der Waals surface area contributed by atoms with Crippen molar-refractivity contribution in [3.63, 3.8) is 0 Å². The number of unbranched alkanes of at least 4 members (excludes halogenated alkanes) is 1. The number of aryl methyl sites for hydroxylation is 1. The third-order valence-corrected chi connectivity index (χ3v) is 6.13. The number of aromatic amines is 1. The summed E-state index contributed by atoms with van der Waals surface area (Å²) in [6, 6.07) is 20.0. The highest BCUT2D eigenvalue weighted by molar-refractivity contribution is 6.01. The van der Waals surface area contributed by atoms with Crippen molar-refractivity contribution >= 4 is 28.5 Å². The fraction of sp³-hybridized carbons (Fsp3) is 0.207. The van der Waals surface area contributed by atoms with E-state index in [0.717, 1.165) is 69.5 Å². The van der Waals surface area contributed by atoms with Crippen molar-refractivity contribution in [2.24, 2.45) is 0 Å². The van der Waals surface area contributed by atoms with E-state index in [-0.39, 0.29) is 0 Å². The number of nitrogens with one attached hydrogen (secondary N) is 2. The number of fused-ring (bicyclic) bond motifs is 1. The van der Waals surface area contributed by atoms with Gasteiger partial charge in [0, 0.05) is 35.7 Å². The van der Waals surface area contributed by atoms with E-state index in [1.165, 1.54) is 6.08 Å². The smallest absolute Gasteiger partial charge is 0.155 e. The number of anilines is 2. The van der Waals surface area contributed by atoms with Crippen LogP contribution in [0.5, 0.6) is 0 Å². The van der Waals surface area contributed by atoms with Crippen LogP contribution in [0.25, 0.3) is 28.1 Å². The molecule has 0 aliphatic rings. The van der Waals surface area contributed by atoms with E-state index in [9.17, 15) is 5.26 Å². The summed E-state index contributed by atoms with van der Waals surface area (Å²) in [5.41, 5.74) is 14.6. The highest BCUT2D eigenvalue weighted by Crippen LogP contribution is 2.37. The highest BCUT2D eigenvalue weighted by atomic mass is 15.2. The molecule has 0 atom stereocenters. The van der Waals surface area contributed by atoms with E-state index in [4.69, 9.17) is 11.0 Å². The van der Waals surface area contributed by atoms with Crippen LogP contribution in [0.2, 0.25) is 0 Å². The fourth-order valence-corrected chi connectivity index (χ4v) is 4.45. The van der Waals surface area contributed by atoms with Gasteiger partial charge in [-0.3, -0.25) is 5.10 Å². The summed E-state index contributed by atoms with van der Waals surface area (Å²) >= 11 is 0. The molecule has 3 aromatic carbocycles. The first-order valence-electron chi connectivity index (χ1n) is 11.7. The Morgan fingerprint density at radius 3 is 2.74 bits per heavy atom.